The van der Waals surface area contributed by atoms with Crippen LogP contribution >= 0.6 is 11.3 Å². The van der Waals surface area contributed by atoms with Crippen molar-refractivity contribution in [2.24, 2.45) is 23.2 Å². The third-order valence-electron chi connectivity index (χ3n) is 8.49. The third-order valence-corrected chi connectivity index (χ3v) is 9.44. The van der Waals surface area contributed by atoms with Crippen LogP contribution in [0.25, 0.3) is 10.2 Å². The van der Waals surface area contributed by atoms with Crippen LogP contribution in [0.3, 0.4) is 0 Å². The van der Waals surface area contributed by atoms with E-state index in [0.717, 1.165) is 33.6 Å². The largest absolute Gasteiger partial charge is 0.457 e. The Balaban J connectivity index is 1.64. The summed E-state index contributed by atoms with van der Waals surface area (Å²) in [5, 5.41) is 22.9. The molecule has 4 rings (SSSR count). The van der Waals surface area contributed by atoms with Crippen LogP contribution in [-0.4, -0.2) is 50.9 Å². The molecule has 37 heavy (non-hydrogen) atoms. The minimum atomic E-state index is -1.24. The number of cyclic esters (lactones) is 1. The molecule has 1 aromatic carbocycles. The minimum Gasteiger partial charge on any atom is -0.457 e. The molecule has 2 aromatic rings. The van der Waals surface area contributed by atoms with Crippen molar-refractivity contribution in [1.82, 2.24) is 4.98 Å². The average molecular weight is 532 g/mol. The fourth-order valence-electron chi connectivity index (χ4n) is 6.04. The van der Waals surface area contributed by atoms with Crippen molar-refractivity contribution in [2.75, 3.05) is 0 Å². The second-order valence-corrected chi connectivity index (χ2v) is 13.4. The summed E-state index contributed by atoms with van der Waals surface area (Å²) in [6.45, 7) is 13.1. The van der Waals surface area contributed by atoms with Crippen molar-refractivity contribution >= 4 is 33.3 Å². The maximum absolute atomic E-state index is 13.3. The number of nitrogens with zero attached hydrogens (tertiary/aromatic N) is 1. The van der Waals surface area contributed by atoms with Crippen LogP contribution in [0.15, 0.2) is 18.2 Å². The Bertz CT molecular complexity index is 1160. The lowest BCUT2D eigenvalue weighted by atomic mass is 9.72. The first kappa shape index (κ1) is 28.1. The van der Waals surface area contributed by atoms with Gasteiger partial charge in [-0.05, 0) is 56.2 Å². The summed E-state index contributed by atoms with van der Waals surface area (Å²) in [5.41, 5.74) is 0.153. The number of benzene rings is 1. The molecule has 8 heteroatoms. The van der Waals surface area contributed by atoms with E-state index in [2.05, 4.69) is 18.8 Å². The minimum absolute atomic E-state index is 0.0735. The molecule has 0 saturated carbocycles. The van der Waals surface area contributed by atoms with Gasteiger partial charge >= 0.3 is 5.97 Å². The summed E-state index contributed by atoms with van der Waals surface area (Å²) in [6.07, 6.45) is -0.953. The van der Waals surface area contributed by atoms with E-state index in [-0.39, 0.29) is 35.7 Å². The predicted molar refractivity (Wildman–Crippen MR) is 143 cm³/mol. The number of ketones is 1. The summed E-state index contributed by atoms with van der Waals surface area (Å²) < 4.78 is 13.2. The van der Waals surface area contributed by atoms with Crippen LogP contribution < -0.4 is 0 Å². The first-order chi connectivity index (χ1) is 17.2. The number of esters is 1. The van der Waals surface area contributed by atoms with Gasteiger partial charge in [0.25, 0.3) is 0 Å². The van der Waals surface area contributed by atoms with Crippen molar-refractivity contribution < 1.29 is 29.3 Å². The van der Waals surface area contributed by atoms with E-state index in [9.17, 15) is 19.8 Å². The van der Waals surface area contributed by atoms with Crippen LogP contribution in [0.5, 0.6) is 0 Å². The molecular formula is C29H41NO6S. The molecular weight excluding hydrogens is 490 g/mol. The second kappa shape index (κ2) is 10.4. The summed E-state index contributed by atoms with van der Waals surface area (Å²) in [6, 6.07) is 5.93. The van der Waals surface area contributed by atoms with Crippen molar-refractivity contribution in [3.8, 4) is 0 Å². The van der Waals surface area contributed by atoms with Gasteiger partial charge in [-0.25, -0.2) is 4.98 Å². The molecule has 0 amide bonds. The molecule has 0 spiro atoms. The zero-order chi connectivity index (χ0) is 27.3. The zero-order valence-corrected chi connectivity index (χ0v) is 23.8. The average Bonchev–Trinajstić information content (AvgIpc) is 3.26. The van der Waals surface area contributed by atoms with Crippen molar-refractivity contribution in [3.05, 3.63) is 28.8 Å². The van der Waals surface area contributed by atoms with E-state index in [4.69, 9.17) is 9.47 Å². The summed E-state index contributed by atoms with van der Waals surface area (Å²) in [4.78, 5) is 31.0. The highest BCUT2D eigenvalue weighted by molar-refractivity contribution is 7.18. The lowest BCUT2D eigenvalue weighted by Gasteiger charge is -2.35. The molecule has 2 fully saturated rings. The van der Waals surface area contributed by atoms with Crippen LogP contribution in [0.1, 0.15) is 83.9 Å². The van der Waals surface area contributed by atoms with Gasteiger partial charge in [-0.3, -0.25) is 9.59 Å². The number of aryl methyl sites for hydroxylation is 1. The van der Waals surface area contributed by atoms with Gasteiger partial charge in [0, 0.05) is 12.3 Å². The number of rotatable bonds is 1. The van der Waals surface area contributed by atoms with Crippen molar-refractivity contribution in [3.63, 3.8) is 0 Å². The number of aliphatic hydroxyl groups excluding tert-OH is 2. The lowest BCUT2D eigenvalue weighted by molar-refractivity contribution is -0.156. The Morgan fingerprint density at radius 1 is 1.08 bits per heavy atom. The van der Waals surface area contributed by atoms with E-state index in [0.29, 0.717) is 6.42 Å². The van der Waals surface area contributed by atoms with Gasteiger partial charge in [0.2, 0.25) is 0 Å². The van der Waals surface area contributed by atoms with Crippen LogP contribution in [0.4, 0.5) is 0 Å². The quantitative estimate of drug-likeness (QED) is 0.387. The number of fused-ring (bicyclic) bond motifs is 2. The molecule has 6 unspecified atom stereocenters. The second-order valence-electron chi connectivity index (χ2n) is 12.2. The fourth-order valence-corrected chi connectivity index (χ4v) is 6.85. The number of hydrogen-bond acceptors (Lipinski definition) is 8. The SMILES string of the molecule is Cc1nc2cc([C@@H]3CC4OC4(C)CC(C)CC(C)C(O)C(C)C(=O)C(C)(C)[C@@H](O)CC(=O)O3)ccc2s1. The third kappa shape index (κ3) is 5.92. The van der Waals surface area contributed by atoms with Gasteiger partial charge in [-0.1, -0.05) is 40.7 Å². The molecule has 0 aliphatic carbocycles. The van der Waals surface area contributed by atoms with E-state index in [1.807, 2.05) is 32.0 Å². The maximum atomic E-state index is 13.3. The van der Waals surface area contributed by atoms with E-state index < -0.39 is 35.6 Å². The van der Waals surface area contributed by atoms with Gasteiger partial charge in [0.15, 0.2) is 0 Å². The lowest BCUT2D eigenvalue weighted by Crippen LogP contribution is -2.45. The summed E-state index contributed by atoms with van der Waals surface area (Å²) in [7, 11) is 0. The zero-order valence-electron chi connectivity index (χ0n) is 23.0. The Labute approximate surface area is 223 Å². The van der Waals surface area contributed by atoms with Gasteiger partial charge < -0.3 is 19.7 Å². The number of hydrogen-bond donors (Lipinski definition) is 2. The Hall–Kier alpha value is -1.87. The Kier molecular flexibility index (Phi) is 7.88. The first-order valence-electron chi connectivity index (χ1n) is 13.4. The topological polar surface area (TPSA) is 109 Å². The van der Waals surface area contributed by atoms with E-state index in [1.165, 1.54) is 0 Å². The van der Waals surface area contributed by atoms with Gasteiger partial charge in [-0.15, -0.1) is 11.3 Å². The monoisotopic (exact) mass is 531 g/mol. The molecule has 0 radical (unpaired) electrons. The number of ether oxygens (including phenoxy) is 2. The predicted octanol–water partition coefficient (Wildman–Crippen LogP) is 5.15. The maximum Gasteiger partial charge on any atom is 0.309 e. The highest BCUT2D eigenvalue weighted by Crippen LogP contribution is 2.48. The standard InChI is InChI=1S/C29H41NO6S/c1-15-10-16(2)26(33)17(3)27(34)28(5,6)23(31)13-25(32)35-21(12-24-29(7,14-15)36-24)19-8-9-22-20(11-19)30-18(4)37-22/h8-9,11,15-17,21,23-24,26,31,33H,10,12-14H2,1-7H3/t15?,16?,17?,21-,23-,24?,26?,29?/m0/s1. The van der Waals surface area contributed by atoms with Crippen LogP contribution in [-0.2, 0) is 19.1 Å². The van der Waals surface area contributed by atoms with Gasteiger partial charge in [0.05, 0.1) is 51.0 Å². The molecule has 2 aliphatic rings. The van der Waals surface area contributed by atoms with Crippen LogP contribution in [0, 0.1) is 30.1 Å². The molecule has 204 valence electrons. The number of aromatic nitrogens is 1. The molecule has 2 N–H and O–H groups in total. The molecule has 1 aromatic heterocycles. The highest BCUT2D eigenvalue weighted by Gasteiger charge is 2.54. The van der Waals surface area contributed by atoms with E-state index >= 15 is 0 Å². The Morgan fingerprint density at radius 3 is 2.49 bits per heavy atom. The number of carbonyl (C=O) groups is 2. The fraction of sp³-hybridized carbons (Fsp3) is 0.690. The Morgan fingerprint density at radius 2 is 1.78 bits per heavy atom. The number of carbonyl (C=O) groups excluding carboxylic acids is 2. The number of epoxide rings is 1. The van der Waals surface area contributed by atoms with Crippen molar-refractivity contribution in [2.45, 2.75) is 104 Å². The number of thiazole rings is 1. The molecule has 2 saturated heterocycles. The normalized spacial score (nSPS) is 37.7. The van der Waals surface area contributed by atoms with Gasteiger partial charge in [-0.2, -0.15) is 0 Å². The highest BCUT2D eigenvalue weighted by atomic mass is 32.1. The smallest absolute Gasteiger partial charge is 0.309 e. The number of Topliss-reactive ketones (excluding diaryl/α,β-unsaturated/α-hetero) is 1. The molecule has 7 nitrogen and oxygen atoms in total. The van der Waals surface area contributed by atoms with E-state index in [1.54, 1.807) is 32.1 Å². The number of aliphatic hydroxyl groups is 2. The van der Waals surface area contributed by atoms with Gasteiger partial charge in [0.1, 0.15) is 11.9 Å². The first-order valence-corrected chi connectivity index (χ1v) is 14.2. The summed E-state index contributed by atoms with van der Waals surface area (Å²) in [5.74, 6) is -1.33. The molecule has 2 aliphatic heterocycles. The van der Waals surface area contributed by atoms with Crippen LogP contribution in [0.2, 0.25) is 0 Å². The summed E-state index contributed by atoms with van der Waals surface area (Å²) >= 11 is 1.62. The van der Waals surface area contributed by atoms with Crippen molar-refractivity contribution in [1.29, 1.82) is 0 Å². The molecule has 0 bridgehead atoms. The molecule has 3 heterocycles. The molecule has 8 atom stereocenters.